The fraction of sp³-hybridized carbons (Fsp3) is 0.857. The number of carbonyl (C=O) groups is 2. The molecule has 0 spiro atoms. The Kier molecular flexibility index (Phi) is 3.95. The van der Waals surface area contributed by atoms with E-state index in [9.17, 15) is 14.7 Å². The van der Waals surface area contributed by atoms with E-state index in [0.717, 1.165) is 12.8 Å². The van der Waals surface area contributed by atoms with Crippen molar-refractivity contribution < 1.29 is 19.4 Å². The number of carboxylic acids is 1. The number of rotatable bonds is 2. The molecule has 0 aromatic rings. The predicted molar refractivity (Wildman–Crippen MR) is 73.5 cm³/mol. The summed E-state index contributed by atoms with van der Waals surface area (Å²) in [6, 6.07) is -0.473. The van der Waals surface area contributed by atoms with Crippen LogP contribution in [0.4, 0.5) is 4.79 Å². The van der Waals surface area contributed by atoms with Crippen molar-refractivity contribution in [2.45, 2.75) is 51.7 Å². The fourth-order valence-corrected chi connectivity index (χ4v) is 3.08. The van der Waals surface area contributed by atoms with Crippen molar-refractivity contribution in [3.05, 3.63) is 0 Å². The van der Waals surface area contributed by atoms with Gasteiger partial charge in [-0.25, -0.2) is 4.79 Å². The van der Waals surface area contributed by atoms with Gasteiger partial charge in [-0.05, 0) is 33.6 Å². The second-order valence-electron chi connectivity index (χ2n) is 6.65. The van der Waals surface area contributed by atoms with Gasteiger partial charge in [0.2, 0.25) is 0 Å². The lowest BCUT2D eigenvalue weighted by molar-refractivity contribution is -0.148. The summed E-state index contributed by atoms with van der Waals surface area (Å²) >= 11 is 0. The monoisotopic (exact) mass is 284 g/mol. The Morgan fingerprint density at radius 1 is 1.35 bits per heavy atom. The number of carbonyl (C=O) groups excluding carboxylic acids is 1. The molecule has 2 rings (SSSR count). The van der Waals surface area contributed by atoms with E-state index in [2.05, 4.69) is 5.32 Å². The summed E-state index contributed by atoms with van der Waals surface area (Å²) in [6.45, 7) is 7.20. The van der Waals surface area contributed by atoms with Crippen LogP contribution in [0.25, 0.3) is 0 Å². The summed E-state index contributed by atoms with van der Waals surface area (Å²) in [6.07, 6.45) is 2.17. The standard InChI is InChI=1S/C14H24N2O4/c1-13(2)9-16(7-8-20-13)12(19)15-10-5-4-6-14(10,3)11(17)18/h10H,4-9H2,1-3H3,(H,15,19)(H,17,18). The Hall–Kier alpha value is -1.30. The molecule has 2 atom stereocenters. The molecule has 0 aromatic carbocycles. The maximum Gasteiger partial charge on any atom is 0.317 e. The molecule has 114 valence electrons. The van der Waals surface area contributed by atoms with Gasteiger partial charge >= 0.3 is 12.0 Å². The molecular weight excluding hydrogens is 260 g/mol. The van der Waals surface area contributed by atoms with Gasteiger partial charge in [0.05, 0.1) is 24.2 Å². The van der Waals surface area contributed by atoms with E-state index in [1.54, 1.807) is 11.8 Å². The number of aliphatic carboxylic acids is 1. The Labute approximate surface area is 119 Å². The maximum atomic E-state index is 12.3. The number of ether oxygens (including phenoxy) is 1. The van der Waals surface area contributed by atoms with Gasteiger partial charge in [0.1, 0.15) is 0 Å². The van der Waals surface area contributed by atoms with Crippen LogP contribution in [-0.4, -0.2) is 53.3 Å². The first-order chi connectivity index (χ1) is 9.24. The topological polar surface area (TPSA) is 78.9 Å². The first-order valence-corrected chi connectivity index (χ1v) is 7.17. The Balaban J connectivity index is 1.99. The Bertz CT molecular complexity index is 410. The highest BCUT2D eigenvalue weighted by atomic mass is 16.5. The van der Waals surface area contributed by atoms with Crippen molar-refractivity contribution in [2.24, 2.45) is 5.41 Å². The maximum absolute atomic E-state index is 12.3. The molecule has 1 aliphatic carbocycles. The van der Waals surface area contributed by atoms with Gasteiger partial charge in [-0.1, -0.05) is 6.42 Å². The molecule has 0 aromatic heterocycles. The van der Waals surface area contributed by atoms with Crippen molar-refractivity contribution in [3.63, 3.8) is 0 Å². The average Bonchev–Trinajstić information content (AvgIpc) is 2.71. The summed E-state index contributed by atoms with van der Waals surface area (Å²) in [5, 5.41) is 12.3. The van der Waals surface area contributed by atoms with E-state index in [0.29, 0.717) is 26.1 Å². The van der Waals surface area contributed by atoms with Crippen molar-refractivity contribution in [2.75, 3.05) is 19.7 Å². The molecule has 0 bridgehead atoms. The van der Waals surface area contributed by atoms with Crippen LogP contribution < -0.4 is 5.32 Å². The van der Waals surface area contributed by atoms with Crippen molar-refractivity contribution >= 4 is 12.0 Å². The van der Waals surface area contributed by atoms with Crippen LogP contribution in [0.2, 0.25) is 0 Å². The number of amides is 2. The summed E-state index contributed by atoms with van der Waals surface area (Å²) < 4.78 is 5.58. The zero-order valence-corrected chi connectivity index (χ0v) is 12.4. The van der Waals surface area contributed by atoms with E-state index >= 15 is 0 Å². The number of morpholine rings is 1. The van der Waals surface area contributed by atoms with Gasteiger partial charge in [-0.2, -0.15) is 0 Å². The van der Waals surface area contributed by atoms with Crippen LogP contribution in [-0.2, 0) is 9.53 Å². The van der Waals surface area contributed by atoms with Crippen molar-refractivity contribution in [3.8, 4) is 0 Å². The zero-order valence-electron chi connectivity index (χ0n) is 12.4. The van der Waals surface area contributed by atoms with Gasteiger partial charge in [0.15, 0.2) is 0 Å². The number of hydrogen-bond acceptors (Lipinski definition) is 3. The highest BCUT2D eigenvalue weighted by Crippen LogP contribution is 2.38. The molecule has 2 amide bonds. The minimum atomic E-state index is -0.850. The molecule has 2 N–H and O–H groups in total. The predicted octanol–water partition coefficient (Wildman–Crippen LogP) is 1.45. The summed E-state index contributed by atoms with van der Waals surface area (Å²) in [4.78, 5) is 25.4. The highest BCUT2D eigenvalue weighted by molar-refractivity contribution is 5.79. The molecule has 2 aliphatic rings. The molecule has 6 heteroatoms. The van der Waals surface area contributed by atoms with Crippen LogP contribution in [0.1, 0.15) is 40.0 Å². The van der Waals surface area contributed by atoms with E-state index in [4.69, 9.17) is 4.74 Å². The first kappa shape index (κ1) is 15.1. The van der Waals surface area contributed by atoms with Crippen molar-refractivity contribution in [1.29, 1.82) is 0 Å². The molecular formula is C14H24N2O4. The number of urea groups is 1. The van der Waals surface area contributed by atoms with Crippen LogP contribution in [0.5, 0.6) is 0 Å². The van der Waals surface area contributed by atoms with Gasteiger partial charge in [-0.3, -0.25) is 4.79 Å². The SMILES string of the molecule is CC1(C)CN(C(=O)NC2CCCC2(C)C(=O)O)CCO1. The smallest absolute Gasteiger partial charge is 0.317 e. The van der Waals surface area contributed by atoms with Gasteiger partial charge in [0.25, 0.3) is 0 Å². The third-order valence-electron chi connectivity index (χ3n) is 4.46. The Morgan fingerprint density at radius 2 is 2.05 bits per heavy atom. The number of carboxylic acid groups (broad SMARTS) is 1. The number of nitrogens with one attached hydrogen (secondary N) is 1. The largest absolute Gasteiger partial charge is 0.481 e. The van der Waals surface area contributed by atoms with Crippen LogP contribution in [0.3, 0.4) is 0 Å². The normalized spacial score (nSPS) is 33.0. The molecule has 0 radical (unpaired) electrons. The molecule has 20 heavy (non-hydrogen) atoms. The molecule has 1 aliphatic heterocycles. The van der Waals surface area contributed by atoms with E-state index < -0.39 is 11.4 Å². The second-order valence-corrected chi connectivity index (χ2v) is 6.65. The molecule has 1 saturated carbocycles. The summed E-state index contributed by atoms with van der Waals surface area (Å²) in [5.74, 6) is -0.831. The first-order valence-electron chi connectivity index (χ1n) is 7.17. The van der Waals surface area contributed by atoms with Crippen LogP contribution in [0.15, 0.2) is 0 Å². The van der Waals surface area contributed by atoms with E-state index in [1.165, 1.54) is 0 Å². The Morgan fingerprint density at radius 3 is 2.65 bits per heavy atom. The summed E-state index contributed by atoms with van der Waals surface area (Å²) in [5.41, 5.74) is -1.20. The van der Waals surface area contributed by atoms with E-state index in [-0.39, 0.29) is 17.7 Å². The average molecular weight is 284 g/mol. The van der Waals surface area contributed by atoms with Crippen LogP contribution in [0, 0.1) is 5.41 Å². The molecule has 2 unspecified atom stereocenters. The quantitative estimate of drug-likeness (QED) is 0.804. The second kappa shape index (κ2) is 5.24. The van der Waals surface area contributed by atoms with Gasteiger partial charge in [0, 0.05) is 12.6 Å². The van der Waals surface area contributed by atoms with Crippen LogP contribution >= 0.6 is 0 Å². The van der Waals surface area contributed by atoms with Gasteiger partial charge in [-0.15, -0.1) is 0 Å². The number of hydrogen-bond donors (Lipinski definition) is 2. The summed E-state index contributed by atoms with van der Waals surface area (Å²) in [7, 11) is 0. The van der Waals surface area contributed by atoms with Gasteiger partial charge < -0.3 is 20.1 Å². The molecule has 1 saturated heterocycles. The van der Waals surface area contributed by atoms with E-state index in [1.807, 2.05) is 13.8 Å². The lowest BCUT2D eigenvalue weighted by Gasteiger charge is -2.39. The molecule has 2 fully saturated rings. The fourth-order valence-electron chi connectivity index (χ4n) is 3.08. The molecule has 1 heterocycles. The minimum Gasteiger partial charge on any atom is -0.481 e. The third-order valence-corrected chi connectivity index (χ3v) is 4.46. The third kappa shape index (κ3) is 2.90. The van der Waals surface area contributed by atoms with Crippen molar-refractivity contribution in [1.82, 2.24) is 10.2 Å². The lowest BCUT2D eigenvalue weighted by atomic mass is 9.85. The molecule has 6 nitrogen and oxygen atoms in total. The minimum absolute atomic E-state index is 0.180. The lowest BCUT2D eigenvalue weighted by Crippen LogP contribution is -2.57. The number of nitrogens with zero attached hydrogens (tertiary/aromatic N) is 1. The zero-order chi connectivity index (χ0) is 15.0. The highest BCUT2D eigenvalue weighted by Gasteiger charge is 2.46.